The molecular weight excluding hydrogens is 376 g/mol. The molecule has 5 rings (SSSR count). The second-order valence-corrected chi connectivity index (χ2v) is 8.54. The predicted molar refractivity (Wildman–Crippen MR) is 120 cm³/mol. The summed E-state index contributed by atoms with van der Waals surface area (Å²) in [6, 6.07) is 4.07. The zero-order chi connectivity index (χ0) is 20.7. The molecule has 0 amide bonds. The summed E-state index contributed by atoms with van der Waals surface area (Å²) < 4.78 is 2.24. The number of aryl methyl sites for hydroxylation is 1. The Bertz CT molecular complexity index is 1070. The third-order valence-electron chi connectivity index (χ3n) is 6.59. The van der Waals surface area contributed by atoms with Crippen LogP contribution in [0.1, 0.15) is 37.4 Å². The highest BCUT2D eigenvalue weighted by atomic mass is 15.2. The SMILES string of the molecule is Cc1c(C=N)n(C2(C)CCC2)c2nc(Nc3ccc(N4CCNCC4)cn3)ncc12. The minimum atomic E-state index is 0.0220. The Labute approximate surface area is 176 Å². The minimum Gasteiger partial charge on any atom is -0.368 e. The van der Waals surface area contributed by atoms with Crippen LogP contribution in [0, 0.1) is 12.3 Å². The average molecular weight is 405 g/mol. The standard InChI is InChI=1S/C22H28N8/c1-15-17-14-26-21(28-20(17)30(18(15)12-23)22(2)6-3-7-22)27-19-5-4-16(13-25-19)29-10-8-24-9-11-29/h4-5,12-14,23-24H,3,6-11H2,1-2H3,(H,25,26,27,28). The monoisotopic (exact) mass is 404 g/mol. The summed E-state index contributed by atoms with van der Waals surface area (Å²) in [4.78, 5) is 16.3. The molecule has 156 valence electrons. The third-order valence-corrected chi connectivity index (χ3v) is 6.59. The Morgan fingerprint density at radius 1 is 1.17 bits per heavy atom. The lowest BCUT2D eigenvalue weighted by Crippen LogP contribution is -2.43. The van der Waals surface area contributed by atoms with Crippen LogP contribution in [-0.2, 0) is 5.54 Å². The van der Waals surface area contributed by atoms with Gasteiger partial charge in [0.05, 0.1) is 17.6 Å². The van der Waals surface area contributed by atoms with Gasteiger partial charge in [-0.25, -0.2) is 9.97 Å². The van der Waals surface area contributed by atoms with Gasteiger partial charge in [0.25, 0.3) is 0 Å². The molecule has 8 nitrogen and oxygen atoms in total. The van der Waals surface area contributed by atoms with Crippen LogP contribution in [0.25, 0.3) is 11.0 Å². The quantitative estimate of drug-likeness (QED) is 0.566. The van der Waals surface area contributed by atoms with Crippen LogP contribution in [-0.4, -0.2) is 51.9 Å². The molecule has 8 heteroatoms. The molecule has 1 saturated carbocycles. The molecule has 1 aliphatic heterocycles. The smallest absolute Gasteiger partial charge is 0.230 e. The maximum absolute atomic E-state index is 7.95. The zero-order valence-corrected chi connectivity index (χ0v) is 17.6. The van der Waals surface area contributed by atoms with E-state index < -0.39 is 0 Å². The van der Waals surface area contributed by atoms with E-state index in [0.29, 0.717) is 5.95 Å². The lowest BCUT2D eigenvalue weighted by Gasteiger charge is -2.41. The van der Waals surface area contributed by atoms with Crippen LogP contribution in [0.3, 0.4) is 0 Å². The second-order valence-electron chi connectivity index (χ2n) is 8.54. The molecule has 0 spiro atoms. The van der Waals surface area contributed by atoms with E-state index in [4.69, 9.17) is 10.4 Å². The van der Waals surface area contributed by atoms with Crippen molar-refractivity contribution in [2.75, 3.05) is 36.4 Å². The summed E-state index contributed by atoms with van der Waals surface area (Å²) in [6.45, 7) is 8.31. The Morgan fingerprint density at radius 3 is 2.60 bits per heavy atom. The van der Waals surface area contributed by atoms with Crippen LogP contribution >= 0.6 is 0 Å². The van der Waals surface area contributed by atoms with E-state index in [1.807, 2.05) is 25.4 Å². The molecule has 4 heterocycles. The summed E-state index contributed by atoms with van der Waals surface area (Å²) in [5, 5.41) is 15.6. The van der Waals surface area contributed by atoms with Gasteiger partial charge < -0.3 is 25.5 Å². The number of hydrogen-bond donors (Lipinski definition) is 3. The first-order valence-corrected chi connectivity index (χ1v) is 10.7. The van der Waals surface area contributed by atoms with Gasteiger partial charge in [0, 0.05) is 49.5 Å². The van der Waals surface area contributed by atoms with Crippen molar-refractivity contribution in [3.8, 4) is 0 Å². The molecule has 3 aromatic heterocycles. The molecular formula is C22H28N8. The number of rotatable bonds is 5. The number of aromatic nitrogens is 4. The van der Waals surface area contributed by atoms with Crippen LogP contribution in [0.15, 0.2) is 24.5 Å². The van der Waals surface area contributed by atoms with E-state index in [9.17, 15) is 0 Å². The largest absolute Gasteiger partial charge is 0.368 e. The topological polar surface area (TPSA) is 94.8 Å². The summed E-state index contributed by atoms with van der Waals surface area (Å²) in [6.07, 6.45) is 8.65. The highest BCUT2D eigenvalue weighted by molar-refractivity contribution is 5.92. The number of pyridine rings is 1. The molecule has 0 radical (unpaired) electrons. The van der Waals surface area contributed by atoms with Gasteiger partial charge in [0.15, 0.2) is 0 Å². The summed E-state index contributed by atoms with van der Waals surface area (Å²) in [5.41, 5.74) is 4.05. The zero-order valence-electron chi connectivity index (χ0n) is 17.6. The van der Waals surface area contributed by atoms with Crippen LogP contribution in [0.4, 0.5) is 17.5 Å². The Hall–Kier alpha value is -3.00. The van der Waals surface area contributed by atoms with Crippen molar-refractivity contribution in [1.29, 1.82) is 5.41 Å². The molecule has 1 aliphatic carbocycles. The molecule has 0 unspecified atom stereocenters. The fraction of sp³-hybridized carbons (Fsp3) is 0.455. The lowest BCUT2D eigenvalue weighted by atomic mass is 9.78. The van der Waals surface area contributed by atoms with Gasteiger partial charge in [-0.1, -0.05) is 0 Å². The first kappa shape index (κ1) is 19.0. The van der Waals surface area contributed by atoms with Crippen molar-refractivity contribution in [2.24, 2.45) is 0 Å². The molecule has 1 saturated heterocycles. The van der Waals surface area contributed by atoms with E-state index in [0.717, 1.165) is 72.8 Å². The fourth-order valence-corrected chi connectivity index (χ4v) is 4.60. The van der Waals surface area contributed by atoms with E-state index in [1.165, 1.54) is 12.6 Å². The van der Waals surface area contributed by atoms with Crippen LogP contribution < -0.4 is 15.5 Å². The Balaban J connectivity index is 1.45. The maximum atomic E-state index is 7.95. The summed E-state index contributed by atoms with van der Waals surface area (Å²) >= 11 is 0. The van der Waals surface area contributed by atoms with Gasteiger partial charge in [0.1, 0.15) is 11.5 Å². The summed E-state index contributed by atoms with van der Waals surface area (Å²) in [7, 11) is 0. The van der Waals surface area contributed by atoms with Crippen molar-refractivity contribution in [1.82, 2.24) is 24.8 Å². The number of nitrogens with one attached hydrogen (secondary N) is 3. The van der Waals surface area contributed by atoms with Crippen molar-refractivity contribution >= 4 is 34.7 Å². The van der Waals surface area contributed by atoms with Crippen molar-refractivity contribution in [2.45, 2.75) is 38.6 Å². The molecule has 3 N–H and O–H groups in total. The highest BCUT2D eigenvalue weighted by Gasteiger charge is 2.37. The molecule has 30 heavy (non-hydrogen) atoms. The Kier molecular flexibility index (Phi) is 4.66. The molecule has 0 bridgehead atoms. The Morgan fingerprint density at radius 2 is 1.97 bits per heavy atom. The average Bonchev–Trinajstić information content (AvgIpc) is 3.04. The van der Waals surface area contributed by atoms with Gasteiger partial charge in [0.2, 0.25) is 5.95 Å². The molecule has 0 aromatic carbocycles. The first-order valence-electron chi connectivity index (χ1n) is 10.7. The van der Waals surface area contributed by atoms with Gasteiger partial charge in [-0.3, -0.25) is 0 Å². The molecule has 3 aromatic rings. The van der Waals surface area contributed by atoms with Crippen LogP contribution in [0.2, 0.25) is 0 Å². The fourth-order valence-electron chi connectivity index (χ4n) is 4.60. The maximum Gasteiger partial charge on any atom is 0.230 e. The number of nitrogens with zero attached hydrogens (tertiary/aromatic N) is 5. The molecule has 2 fully saturated rings. The van der Waals surface area contributed by atoms with E-state index in [2.05, 4.69) is 43.1 Å². The van der Waals surface area contributed by atoms with Crippen molar-refractivity contribution < 1.29 is 0 Å². The lowest BCUT2D eigenvalue weighted by molar-refractivity contribution is 0.174. The van der Waals surface area contributed by atoms with Gasteiger partial charge in [-0.05, 0) is 50.8 Å². The van der Waals surface area contributed by atoms with E-state index >= 15 is 0 Å². The first-order chi connectivity index (χ1) is 14.6. The van der Waals surface area contributed by atoms with E-state index in [1.54, 1.807) is 0 Å². The minimum absolute atomic E-state index is 0.0220. The predicted octanol–water partition coefficient (Wildman–Crippen LogP) is 3.18. The van der Waals surface area contributed by atoms with Gasteiger partial charge in [-0.2, -0.15) is 4.98 Å². The molecule has 0 atom stereocenters. The number of fused-ring (bicyclic) bond motifs is 1. The normalized spacial score (nSPS) is 18.3. The number of anilines is 3. The van der Waals surface area contributed by atoms with Crippen molar-refractivity contribution in [3.63, 3.8) is 0 Å². The van der Waals surface area contributed by atoms with Gasteiger partial charge in [-0.15, -0.1) is 0 Å². The highest BCUT2D eigenvalue weighted by Crippen LogP contribution is 2.42. The second kappa shape index (κ2) is 7.36. The number of piperazine rings is 1. The number of hydrogen-bond acceptors (Lipinski definition) is 7. The summed E-state index contributed by atoms with van der Waals surface area (Å²) in [5.74, 6) is 1.26. The van der Waals surface area contributed by atoms with E-state index in [-0.39, 0.29) is 5.54 Å². The third kappa shape index (κ3) is 3.11. The molecule has 2 aliphatic rings. The van der Waals surface area contributed by atoms with Crippen LogP contribution in [0.5, 0.6) is 0 Å². The van der Waals surface area contributed by atoms with Crippen molar-refractivity contribution in [3.05, 3.63) is 35.8 Å². The van der Waals surface area contributed by atoms with Gasteiger partial charge >= 0.3 is 0 Å².